The second kappa shape index (κ2) is 8.99. The molecule has 0 aliphatic carbocycles. The van der Waals surface area contributed by atoms with E-state index in [2.05, 4.69) is 5.32 Å². The van der Waals surface area contributed by atoms with Gasteiger partial charge >= 0.3 is 0 Å². The third kappa shape index (κ3) is 4.97. The van der Waals surface area contributed by atoms with Gasteiger partial charge in [-0.3, -0.25) is 14.5 Å². The SMILES string of the molecule is COC1CCN(C(=O)CC2C(=O)NCCN2Cc2ccc(F)cc2Cl)CC1. The molecule has 0 radical (unpaired) electrons. The van der Waals surface area contributed by atoms with E-state index in [1.54, 1.807) is 18.1 Å². The summed E-state index contributed by atoms with van der Waals surface area (Å²) in [5.74, 6) is -0.576. The highest BCUT2D eigenvalue weighted by molar-refractivity contribution is 6.31. The van der Waals surface area contributed by atoms with E-state index in [1.807, 2.05) is 4.90 Å². The Bertz CT molecular complexity index is 695. The van der Waals surface area contributed by atoms with Gasteiger partial charge in [0.15, 0.2) is 0 Å². The molecule has 1 unspecified atom stereocenters. The molecule has 1 aromatic carbocycles. The molecule has 148 valence electrons. The third-order valence-corrected chi connectivity index (χ3v) is 5.68. The van der Waals surface area contributed by atoms with Crippen molar-refractivity contribution in [3.8, 4) is 0 Å². The normalized spacial score (nSPS) is 22.0. The van der Waals surface area contributed by atoms with Crippen molar-refractivity contribution >= 4 is 23.4 Å². The summed E-state index contributed by atoms with van der Waals surface area (Å²) in [6, 6.07) is 3.69. The number of piperazine rings is 1. The van der Waals surface area contributed by atoms with Crippen LogP contribution in [0.15, 0.2) is 18.2 Å². The smallest absolute Gasteiger partial charge is 0.237 e. The van der Waals surface area contributed by atoms with E-state index in [1.165, 1.54) is 12.1 Å². The number of hydrogen-bond donors (Lipinski definition) is 1. The van der Waals surface area contributed by atoms with Gasteiger partial charge in [-0.25, -0.2) is 4.39 Å². The molecular formula is C19H25ClFN3O3. The Kier molecular flexibility index (Phi) is 6.68. The Morgan fingerprint density at radius 2 is 2.07 bits per heavy atom. The first kappa shape index (κ1) is 20.0. The van der Waals surface area contributed by atoms with E-state index in [0.717, 1.165) is 18.4 Å². The van der Waals surface area contributed by atoms with Gasteiger partial charge < -0.3 is 15.0 Å². The molecule has 6 nitrogen and oxygen atoms in total. The minimum atomic E-state index is -0.549. The Morgan fingerprint density at radius 3 is 2.74 bits per heavy atom. The number of methoxy groups -OCH3 is 1. The van der Waals surface area contributed by atoms with Crippen LogP contribution in [0, 0.1) is 5.82 Å². The minimum absolute atomic E-state index is 0.0261. The predicted molar refractivity (Wildman–Crippen MR) is 99.8 cm³/mol. The number of ether oxygens (including phenoxy) is 1. The summed E-state index contributed by atoms with van der Waals surface area (Å²) in [4.78, 5) is 28.9. The summed E-state index contributed by atoms with van der Waals surface area (Å²) in [7, 11) is 1.69. The number of benzene rings is 1. The molecule has 0 spiro atoms. The summed E-state index contributed by atoms with van der Waals surface area (Å²) < 4.78 is 18.6. The molecular weight excluding hydrogens is 373 g/mol. The van der Waals surface area contributed by atoms with Gasteiger partial charge in [-0.1, -0.05) is 17.7 Å². The maximum atomic E-state index is 13.3. The highest BCUT2D eigenvalue weighted by Gasteiger charge is 2.34. The zero-order valence-corrected chi connectivity index (χ0v) is 16.2. The fraction of sp³-hybridized carbons (Fsp3) is 0.579. The van der Waals surface area contributed by atoms with Gasteiger partial charge in [0.05, 0.1) is 18.6 Å². The van der Waals surface area contributed by atoms with Gasteiger partial charge in [0.1, 0.15) is 5.82 Å². The van der Waals surface area contributed by atoms with Crippen LogP contribution in [-0.4, -0.2) is 67.0 Å². The average molecular weight is 398 g/mol. The first-order valence-corrected chi connectivity index (χ1v) is 9.62. The number of halogens is 2. The van der Waals surface area contributed by atoms with Crippen molar-refractivity contribution in [1.82, 2.24) is 15.1 Å². The lowest BCUT2D eigenvalue weighted by molar-refractivity contribution is -0.140. The van der Waals surface area contributed by atoms with Crippen LogP contribution in [0.1, 0.15) is 24.8 Å². The zero-order valence-electron chi connectivity index (χ0n) is 15.4. The van der Waals surface area contributed by atoms with Crippen LogP contribution in [0.2, 0.25) is 5.02 Å². The lowest BCUT2D eigenvalue weighted by atomic mass is 10.0. The minimum Gasteiger partial charge on any atom is -0.381 e. The molecule has 2 aliphatic rings. The van der Waals surface area contributed by atoms with E-state index in [9.17, 15) is 14.0 Å². The molecule has 0 saturated carbocycles. The van der Waals surface area contributed by atoms with Crippen LogP contribution < -0.4 is 5.32 Å². The van der Waals surface area contributed by atoms with Crippen LogP contribution in [0.4, 0.5) is 4.39 Å². The molecule has 8 heteroatoms. The molecule has 0 aromatic heterocycles. The van der Waals surface area contributed by atoms with Crippen LogP contribution in [-0.2, 0) is 20.9 Å². The van der Waals surface area contributed by atoms with Crippen LogP contribution in [0.3, 0.4) is 0 Å². The molecule has 1 atom stereocenters. The van der Waals surface area contributed by atoms with E-state index >= 15 is 0 Å². The van der Waals surface area contributed by atoms with Gasteiger partial charge in [-0.05, 0) is 30.5 Å². The maximum Gasteiger partial charge on any atom is 0.237 e. The highest BCUT2D eigenvalue weighted by Crippen LogP contribution is 2.22. The first-order chi connectivity index (χ1) is 13.0. The number of likely N-dealkylation sites (tertiary alicyclic amines) is 1. The fourth-order valence-corrected chi connectivity index (χ4v) is 3.90. The largest absolute Gasteiger partial charge is 0.381 e. The van der Waals surface area contributed by atoms with E-state index in [-0.39, 0.29) is 24.3 Å². The summed E-state index contributed by atoms with van der Waals surface area (Å²) >= 11 is 6.13. The number of carbonyl (C=O) groups excluding carboxylic acids is 2. The lowest BCUT2D eigenvalue weighted by Crippen LogP contribution is -2.56. The number of rotatable bonds is 5. The van der Waals surface area contributed by atoms with Gasteiger partial charge in [0, 0.05) is 44.9 Å². The Balaban J connectivity index is 1.65. The molecule has 2 fully saturated rings. The van der Waals surface area contributed by atoms with Crippen molar-refractivity contribution in [2.24, 2.45) is 0 Å². The number of nitrogens with zero attached hydrogens (tertiary/aromatic N) is 2. The molecule has 27 heavy (non-hydrogen) atoms. The van der Waals surface area contributed by atoms with E-state index in [4.69, 9.17) is 16.3 Å². The number of piperidine rings is 1. The van der Waals surface area contributed by atoms with Crippen molar-refractivity contribution in [1.29, 1.82) is 0 Å². The number of hydrogen-bond acceptors (Lipinski definition) is 4. The third-order valence-electron chi connectivity index (χ3n) is 5.33. The van der Waals surface area contributed by atoms with Crippen molar-refractivity contribution in [3.63, 3.8) is 0 Å². The monoisotopic (exact) mass is 397 g/mol. The Hall–Kier alpha value is -1.70. The van der Waals surface area contributed by atoms with Crippen molar-refractivity contribution in [2.75, 3.05) is 33.3 Å². The Morgan fingerprint density at radius 1 is 1.33 bits per heavy atom. The molecule has 3 rings (SSSR count). The average Bonchev–Trinajstić information content (AvgIpc) is 2.66. The molecule has 2 aliphatic heterocycles. The molecule has 2 saturated heterocycles. The topological polar surface area (TPSA) is 61.9 Å². The quantitative estimate of drug-likeness (QED) is 0.823. The van der Waals surface area contributed by atoms with Gasteiger partial charge in [0.2, 0.25) is 11.8 Å². The van der Waals surface area contributed by atoms with Crippen LogP contribution in [0.5, 0.6) is 0 Å². The second-order valence-corrected chi connectivity index (χ2v) is 7.44. The summed E-state index contributed by atoms with van der Waals surface area (Å²) in [5.41, 5.74) is 0.742. The number of carbonyl (C=O) groups is 2. The van der Waals surface area contributed by atoms with Gasteiger partial charge in [0.25, 0.3) is 0 Å². The molecule has 2 heterocycles. The van der Waals surface area contributed by atoms with Crippen molar-refractivity contribution < 1.29 is 18.7 Å². The molecule has 1 N–H and O–H groups in total. The standard InChI is InChI=1S/C19H25ClFN3O3/c1-27-15-4-7-23(8-5-15)18(25)11-17-19(26)22-6-9-24(17)12-13-2-3-14(21)10-16(13)20/h2-3,10,15,17H,4-9,11-12H2,1H3,(H,22,26). The lowest BCUT2D eigenvalue weighted by Gasteiger charge is -2.37. The van der Waals surface area contributed by atoms with Crippen molar-refractivity contribution in [2.45, 2.75) is 38.0 Å². The summed E-state index contributed by atoms with van der Waals surface area (Å²) in [5, 5.41) is 3.16. The predicted octanol–water partition coefficient (Wildman–Crippen LogP) is 1.81. The molecule has 2 amide bonds. The summed E-state index contributed by atoms with van der Waals surface area (Å²) in [6.07, 6.45) is 1.95. The Labute approximate surface area is 163 Å². The van der Waals surface area contributed by atoms with Crippen LogP contribution >= 0.6 is 11.6 Å². The number of nitrogens with one attached hydrogen (secondary N) is 1. The fourth-order valence-electron chi connectivity index (χ4n) is 3.68. The van der Waals surface area contributed by atoms with E-state index in [0.29, 0.717) is 37.7 Å². The highest BCUT2D eigenvalue weighted by atomic mass is 35.5. The van der Waals surface area contributed by atoms with E-state index < -0.39 is 11.9 Å². The molecule has 1 aromatic rings. The number of amides is 2. The van der Waals surface area contributed by atoms with Gasteiger partial charge in [-0.2, -0.15) is 0 Å². The maximum absolute atomic E-state index is 13.3. The molecule has 0 bridgehead atoms. The zero-order chi connectivity index (χ0) is 19.4. The van der Waals surface area contributed by atoms with Gasteiger partial charge in [-0.15, -0.1) is 0 Å². The van der Waals surface area contributed by atoms with Crippen LogP contribution in [0.25, 0.3) is 0 Å². The summed E-state index contributed by atoms with van der Waals surface area (Å²) in [6.45, 7) is 2.83. The van der Waals surface area contributed by atoms with Crippen molar-refractivity contribution in [3.05, 3.63) is 34.6 Å². The first-order valence-electron chi connectivity index (χ1n) is 9.24. The second-order valence-electron chi connectivity index (χ2n) is 7.03.